The van der Waals surface area contributed by atoms with Gasteiger partial charge in [-0.25, -0.2) is 4.79 Å². The van der Waals surface area contributed by atoms with Crippen LogP contribution in [0.25, 0.3) is 11.0 Å². The number of nitrogens with zero attached hydrogens (tertiary/aromatic N) is 3. The van der Waals surface area contributed by atoms with E-state index in [2.05, 4.69) is 32.5 Å². The smallest absolute Gasteiger partial charge is 0.326 e. The molecular formula is C31H37N5O4. The fourth-order valence-corrected chi connectivity index (χ4v) is 4.93. The number of esters is 1. The molecule has 4 aromatic rings. The molecule has 2 N–H and O–H groups in total. The largest absolute Gasteiger partial charge is 0.464 e. The molecule has 40 heavy (non-hydrogen) atoms. The van der Waals surface area contributed by atoms with Crippen molar-refractivity contribution in [3.63, 3.8) is 0 Å². The Labute approximate surface area is 234 Å². The van der Waals surface area contributed by atoms with Crippen molar-refractivity contribution in [1.82, 2.24) is 19.8 Å². The van der Waals surface area contributed by atoms with Gasteiger partial charge >= 0.3 is 11.7 Å². The van der Waals surface area contributed by atoms with Gasteiger partial charge in [0.2, 0.25) is 0 Å². The van der Waals surface area contributed by atoms with Gasteiger partial charge in [0.25, 0.3) is 0 Å². The Morgan fingerprint density at radius 1 is 0.975 bits per heavy atom. The Morgan fingerprint density at radius 2 is 1.60 bits per heavy atom. The molecule has 9 heteroatoms. The van der Waals surface area contributed by atoms with Crippen molar-refractivity contribution >= 4 is 22.7 Å². The summed E-state index contributed by atoms with van der Waals surface area (Å²) < 4.78 is 7.07. The molecule has 9 nitrogen and oxygen atoms in total. The van der Waals surface area contributed by atoms with Gasteiger partial charge < -0.3 is 15.0 Å². The van der Waals surface area contributed by atoms with Crippen molar-refractivity contribution < 1.29 is 9.53 Å². The van der Waals surface area contributed by atoms with Gasteiger partial charge in [-0.1, -0.05) is 54.6 Å². The molecule has 0 saturated carbocycles. The minimum atomic E-state index is -0.275. The number of aromatic amines is 1. The van der Waals surface area contributed by atoms with Crippen LogP contribution in [0, 0.1) is 4.91 Å². The van der Waals surface area contributed by atoms with Gasteiger partial charge in [0.05, 0.1) is 11.0 Å². The zero-order chi connectivity index (χ0) is 28.3. The van der Waals surface area contributed by atoms with Crippen LogP contribution in [0.1, 0.15) is 43.9 Å². The Balaban J connectivity index is 0.000000199. The predicted octanol–water partition coefficient (Wildman–Crippen LogP) is 5.29. The molecule has 1 aromatic heterocycles. The van der Waals surface area contributed by atoms with E-state index in [0.29, 0.717) is 24.9 Å². The normalized spacial score (nSPS) is 14.4. The van der Waals surface area contributed by atoms with Gasteiger partial charge in [-0.3, -0.25) is 14.3 Å². The molecule has 0 amide bonds. The van der Waals surface area contributed by atoms with Crippen molar-refractivity contribution in [2.45, 2.75) is 51.9 Å². The number of imidazole rings is 1. The number of ether oxygens (including phenoxy) is 1. The highest BCUT2D eigenvalue weighted by atomic mass is 16.5. The van der Waals surface area contributed by atoms with Crippen LogP contribution in [0.5, 0.6) is 0 Å². The molecule has 210 valence electrons. The van der Waals surface area contributed by atoms with E-state index in [1.54, 1.807) is 12.1 Å². The third kappa shape index (κ3) is 7.97. The summed E-state index contributed by atoms with van der Waals surface area (Å²) in [6.45, 7) is 7.23. The van der Waals surface area contributed by atoms with E-state index < -0.39 is 0 Å². The minimum Gasteiger partial charge on any atom is -0.464 e. The molecule has 0 bridgehead atoms. The quantitative estimate of drug-likeness (QED) is 0.219. The van der Waals surface area contributed by atoms with Crippen LogP contribution in [0.2, 0.25) is 0 Å². The Bertz CT molecular complexity index is 1430. The van der Waals surface area contributed by atoms with E-state index in [1.165, 1.54) is 12.5 Å². The minimum absolute atomic E-state index is 0.0214. The molecule has 5 rings (SSSR count). The third-order valence-electron chi connectivity index (χ3n) is 7.10. The molecule has 0 spiro atoms. The maximum absolute atomic E-state index is 11.9. The van der Waals surface area contributed by atoms with Crippen molar-refractivity contribution in [2.75, 3.05) is 19.7 Å². The molecule has 0 radical (unpaired) electrons. The second kappa shape index (κ2) is 14.3. The van der Waals surface area contributed by atoms with Crippen LogP contribution in [0.15, 0.2) is 88.8 Å². The van der Waals surface area contributed by atoms with E-state index in [1.807, 2.05) is 66.1 Å². The standard InChI is InChI=1S/C19H22N2O3.C12H15N3O/c1-15(14-24-16(2)22)21(12-17-6-4-3-5-7-17)13-18-8-10-19(20-23)11-9-18;16-12-14-10-3-1-2-4-11(10)15(12)9-5-7-13-8-6-9/h3-11,15H,12-14H2,1-2H3;1-4,9,13H,5-8H2,(H,14,16). The summed E-state index contributed by atoms with van der Waals surface area (Å²) in [6.07, 6.45) is 2.06. The second-order valence-electron chi connectivity index (χ2n) is 10.1. The highest BCUT2D eigenvalue weighted by Gasteiger charge is 2.19. The van der Waals surface area contributed by atoms with E-state index in [9.17, 15) is 14.5 Å². The van der Waals surface area contributed by atoms with Crippen LogP contribution in [-0.4, -0.2) is 46.2 Å². The zero-order valence-electron chi connectivity index (χ0n) is 23.1. The number of rotatable bonds is 9. The van der Waals surface area contributed by atoms with Crippen molar-refractivity contribution in [3.8, 4) is 0 Å². The number of para-hydroxylation sites is 2. The number of nitroso groups, excluding NO2 is 1. The lowest BCUT2D eigenvalue weighted by Gasteiger charge is -2.29. The first-order valence-electron chi connectivity index (χ1n) is 13.7. The summed E-state index contributed by atoms with van der Waals surface area (Å²) in [5.41, 5.74) is 4.67. The SMILES string of the molecule is CC(=O)OCC(C)N(Cc1ccccc1)Cc1ccc(N=O)cc1.O=c1[nH]c2ccccc2n1C1CCNCC1. The third-order valence-corrected chi connectivity index (χ3v) is 7.10. The summed E-state index contributed by atoms with van der Waals surface area (Å²) in [7, 11) is 0. The molecule has 3 aromatic carbocycles. The molecule has 0 aliphatic carbocycles. The summed E-state index contributed by atoms with van der Waals surface area (Å²) in [5, 5.41) is 6.24. The number of hydrogen-bond donors (Lipinski definition) is 2. The summed E-state index contributed by atoms with van der Waals surface area (Å²) in [6, 6.07) is 25.7. The van der Waals surface area contributed by atoms with E-state index in [0.717, 1.165) is 49.1 Å². The van der Waals surface area contributed by atoms with Gasteiger partial charge in [-0.05, 0) is 73.4 Å². The first kappa shape index (κ1) is 28.9. The average molecular weight is 544 g/mol. The Kier molecular flexibility index (Phi) is 10.4. The number of aromatic nitrogens is 2. The summed E-state index contributed by atoms with van der Waals surface area (Å²) in [4.78, 5) is 38.7. The fourth-order valence-electron chi connectivity index (χ4n) is 4.93. The lowest BCUT2D eigenvalue weighted by Crippen LogP contribution is -2.36. The number of H-pyrrole nitrogens is 1. The highest BCUT2D eigenvalue weighted by Crippen LogP contribution is 2.21. The number of carbonyl (C=O) groups excluding carboxylic acids is 1. The molecule has 1 aliphatic rings. The topological polar surface area (TPSA) is 109 Å². The summed E-state index contributed by atoms with van der Waals surface area (Å²) in [5.74, 6) is -0.275. The Hall–Kier alpha value is -4.08. The van der Waals surface area contributed by atoms with Gasteiger partial charge in [0.15, 0.2) is 0 Å². The number of piperidine rings is 1. The maximum Gasteiger partial charge on any atom is 0.326 e. The van der Waals surface area contributed by atoms with Gasteiger partial charge in [-0.15, -0.1) is 4.91 Å². The molecule has 1 unspecified atom stereocenters. The predicted molar refractivity (Wildman–Crippen MR) is 157 cm³/mol. The van der Waals surface area contributed by atoms with Gasteiger partial charge in [0.1, 0.15) is 12.3 Å². The number of fused-ring (bicyclic) bond motifs is 1. The first-order chi connectivity index (χ1) is 19.4. The van der Waals surface area contributed by atoms with Gasteiger partial charge in [0, 0.05) is 32.1 Å². The van der Waals surface area contributed by atoms with Gasteiger partial charge in [-0.2, -0.15) is 0 Å². The van der Waals surface area contributed by atoms with E-state index in [-0.39, 0.29) is 17.7 Å². The van der Waals surface area contributed by atoms with Crippen LogP contribution in [0.3, 0.4) is 0 Å². The highest BCUT2D eigenvalue weighted by molar-refractivity contribution is 5.75. The molecule has 1 fully saturated rings. The van der Waals surface area contributed by atoms with Crippen LogP contribution in [0.4, 0.5) is 5.69 Å². The van der Waals surface area contributed by atoms with Crippen molar-refractivity contribution in [2.24, 2.45) is 5.18 Å². The zero-order valence-corrected chi connectivity index (χ0v) is 23.1. The van der Waals surface area contributed by atoms with E-state index >= 15 is 0 Å². The van der Waals surface area contributed by atoms with Crippen molar-refractivity contribution in [1.29, 1.82) is 0 Å². The number of nitrogens with one attached hydrogen (secondary N) is 2. The summed E-state index contributed by atoms with van der Waals surface area (Å²) >= 11 is 0. The maximum atomic E-state index is 11.9. The van der Waals surface area contributed by atoms with Crippen LogP contribution < -0.4 is 11.0 Å². The molecular weight excluding hydrogens is 506 g/mol. The monoisotopic (exact) mass is 543 g/mol. The fraction of sp³-hybridized carbons (Fsp3) is 0.355. The van der Waals surface area contributed by atoms with Crippen molar-refractivity contribution in [3.05, 3.63) is 105 Å². The molecule has 2 heterocycles. The molecule has 1 atom stereocenters. The van der Waals surface area contributed by atoms with Crippen LogP contribution in [-0.2, 0) is 22.6 Å². The number of benzene rings is 3. The first-order valence-corrected chi connectivity index (χ1v) is 13.7. The number of hydrogen-bond acceptors (Lipinski definition) is 7. The van der Waals surface area contributed by atoms with E-state index in [4.69, 9.17) is 4.74 Å². The van der Waals surface area contributed by atoms with Crippen LogP contribution >= 0.6 is 0 Å². The lowest BCUT2D eigenvalue weighted by molar-refractivity contribution is -0.142. The molecule has 1 aliphatic heterocycles. The Morgan fingerprint density at radius 3 is 2.25 bits per heavy atom. The second-order valence-corrected chi connectivity index (χ2v) is 10.1. The molecule has 1 saturated heterocycles. The lowest BCUT2D eigenvalue weighted by atomic mass is 10.1. The number of carbonyl (C=O) groups is 1. The average Bonchev–Trinajstić information content (AvgIpc) is 3.33.